The minimum absolute atomic E-state index is 0.130. The van der Waals surface area contributed by atoms with Crippen molar-refractivity contribution in [2.45, 2.75) is 0 Å². The number of amides is 1. The van der Waals surface area contributed by atoms with Crippen LogP contribution in [0.25, 0.3) is 11.5 Å². The summed E-state index contributed by atoms with van der Waals surface area (Å²) in [5.41, 5.74) is 0.642. The van der Waals surface area contributed by atoms with Crippen LogP contribution in [0.15, 0.2) is 40.8 Å². The van der Waals surface area contributed by atoms with Gasteiger partial charge in [-0.2, -0.15) is 0 Å². The summed E-state index contributed by atoms with van der Waals surface area (Å²) in [5.74, 6) is -1.70. The lowest BCUT2D eigenvalue weighted by atomic mass is 10.2. The Hall–Kier alpha value is -2.67. The van der Waals surface area contributed by atoms with Gasteiger partial charge in [0, 0.05) is 22.7 Å². The predicted molar refractivity (Wildman–Crippen MR) is 70.1 cm³/mol. The number of nitrogens with one attached hydrogen (secondary N) is 1. The number of benzene rings is 1. The number of carboxylic acids is 1. The number of hydrogen-bond acceptors (Lipinski definition) is 5. The first kappa shape index (κ1) is 13.8. The fourth-order valence-corrected chi connectivity index (χ4v) is 1.40. The van der Waals surface area contributed by atoms with E-state index in [1.165, 1.54) is 0 Å². The van der Waals surface area contributed by atoms with E-state index in [0.717, 1.165) is 6.08 Å². The minimum atomic E-state index is -1.23. The van der Waals surface area contributed by atoms with Crippen molar-refractivity contribution in [1.82, 2.24) is 10.2 Å². The second kappa shape index (κ2) is 5.98. The molecule has 2 aromatic rings. The van der Waals surface area contributed by atoms with Crippen LogP contribution in [-0.2, 0) is 9.59 Å². The van der Waals surface area contributed by atoms with Gasteiger partial charge >= 0.3 is 12.0 Å². The highest BCUT2D eigenvalue weighted by Crippen LogP contribution is 2.21. The number of aromatic nitrogens is 2. The van der Waals surface area contributed by atoms with Gasteiger partial charge in [-0.05, 0) is 24.3 Å². The van der Waals surface area contributed by atoms with Crippen LogP contribution >= 0.6 is 11.6 Å². The average molecular weight is 294 g/mol. The Labute approximate surface area is 117 Å². The largest absolute Gasteiger partial charge is 0.478 e. The number of anilines is 1. The third-order valence-electron chi connectivity index (χ3n) is 2.12. The zero-order valence-corrected chi connectivity index (χ0v) is 10.7. The molecule has 2 rings (SSSR count). The number of carbonyl (C=O) groups excluding carboxylic acids is 1. The molecule has 0 unspecified atom stereocenters. The van der Waals surface area contributed by atoms with Crippen LogP contribution in [0.5, 0.6) is 0 Å². The molecule has 0 aliphatic carbocycles. The number of nitrogens with zero attached hydrogens (tertiary/aromatic N) is 2. The highest BCUT2D eigenvalue weighted by Gasteiger charge is 2.10. The summed E-state index contributed by atoms with van der Waals surface area (Å²) in [4.78, 5) is 21.5. The molecular formula is C12H8ClN3O4. The van der Waals surface area contributed by atoms with Gasteiger partial charge in [0.15, 0.2) is 0 Å². The van der Waals surface area contributed by atoms with Crippen LogP contribution in [0.3, 0.4) is 0 Å². The molecule has 7 nitrogen and oxygen atoms in total. The number of aliphatic carboxylic acids is 1. The van der Waals surface area contributed by atoms with Crippen LogP contribution < -0.4 is 5.32 Å². The Kier molecular flexibility index (Phi) is 4.11. The summed E-state index contributed by atoms with van der Waals surface area (Å²) in [6.45, 7) is 0. The molecule has 1 heterocycles. The molecule has 20 heavy (non-hydrogen) atoms. The van der Waals surface area contributed by atoms with E-state index < -0.39 is 11.9 Å². The molecule has 0 radical (unpaired) electrons. The van der Waals surface area contributed by atoms with E-state index in [4.69, 9.17) is 21.1 Å². The summed E-state index contributed by atoms with van der Waals surface area (Å²) in [6.07, 6.45) is 1.54. The van der Waals surface area contributed by atoms with Gasteiger partial charge in [-0.15, -0.1) is 5.10 Å². The van der Waals surface area contributed by atoms with Crippen molar-refractivity contribution in [2.75, 3.05) is 5.32 Å². The van der Waals surface area contributed by atoms with E-state index in [1.54, 1.807) is 24.3 Å². The van der Waals surface area contributed by atoms with Crippen LogP contribution in [0.4, 0.5) is 6.01 Å². The molecule has 8 heteroatoms. The standard InChI is InChI=1S/C12H8ClN3O4/c13-8-3-1-7(2-4-8)11-15-16-12(20-11)14-9(17)5-6-10(18)19/h1-6H,(H,18,19)(H,14,16,17)/b6-5-. The van der Waals surface area contributed by atoms with Crippen molar-refractivity contribution in [3.8, 4) is 11.5 Å². The summed E-state index contributed by atoms with van der Waals surface area (Å²) < 4.78 is 5.21. The summed E-state index contributed by atoms with van der Waals surface area (Å²) >= 11 is 5.75. The number of carboxylic acid groups (broad SMARTS) is 1. The van der Waals surface area contributed by atoms with Crippen LogP contribution in [0, 0.1) is 0 Å². The molecule has 0 spiro atoms. The average Bonchev–Trinajstić information content (AvgIpc) is 2.85. The van der Waals surface area contributed by atoms with Gasteiger partial charge in [0.25, 0.3) is 5.91 Å². The summed E-state index contributed by atoms with van der Waals surface area (Å²) in [7, 11) is 0. The maximum atomic E-state index is 11.3. The van der Waals surface area contributed by atoms with Gasteiger partial charge in [-0.25, -0.2) is 4.79 Å². The predicted octanol–water partition coefficient (Wildman–Crippen LogP) is 1.97. The van der Waals surface area contributed by atoms with Crippen molar-refractivity contribution in [2.24, 2.45) is 0 Å². The SMILES string of the molecule is O=C(O)/C=C\C(=O)Nc1nnc(-c2ccc(Cl)cc2)o1. The lowest BCUT2D eigenvalue weighted by Gasteiger charge is -1.95. The van der Waals surface area contributed by atoms with Gasteiger partial charge in [0.05, 0.1) is 0 Å². The quantitative estimate of drug-likeness (QED) is 0.835. The first-order valence-electron chi connectivity index (χ1n) is 5.36. The molecule has 0 bridgehead atoms. The van der Waals surface area contributed by atoms with E-state index >= 15 is 0 Å². The second-order valence-corrected chi connectivity index (χ2v) is 4.02. The smallest absolute Gasteiger partial charge is 0.328 e. The first-order chi connectivity index (χ1) is 9.54. The number of halogens is 1. The zero-order valence-electron chi connectivity index (χ0n) is 9.91. The number of hydrogen-bond donors (Lipinski definition) is 2. The van der Waals surface area contributed by atoms with Gasteiger partial charge < -0.3 is 9.52 Å². The maximum Gasteiger partial charge on any atom is 0.328 e. The van der Waals surface area contributed by atoms with Crippen molar-refractivity contribution in [1.29, 1.82) is 0 Å². The molecule has 1 aromatic heterocycles. The van der Waals surface area contributed by atoms with Crippen molar-refractivity contribution < 1.29 is 19.1 Å². The Morgan fingerprint density at radius 3 is 2.55 bits per heavy atom. The molecule has 2 N–H and O–H groups in total. The van der Waals surface area contributed by atoms with Crippen molar-refractivity contribution in [3.05, 3.63) is 41.4 Å². The molecule has 102 valence electrons. The summed E-state index contributed by atoms with van der Waals surface area (Å²) in [6, 6.07) is 6.57. The Balaban J connectivity index is 2.07. The number of carbonyl (C=O) groups is 2. The van der Waals surface area contributed by atoms with Crippen molar-refractivity contribution >= 4 is 29.5 Å². The van der Waals surface area contributed by atoms with Crippen LogP contribution in [-0.4, -0.2) is 27.2 Å². The molecule has 0 atom stereocenters. The van der Waals surface area contributed by atoms with Crippen LogP contribution in [0.1, 0.15) is 0 Å². The van der Waals surface area contributed by atoms with Gasteiger partial charge in [0.2, 0.25) is 5.89 Å². The molecule has 0 fully saturated rings. The Morgan fingerprint density at radius 2 is 1.90 bits per heavy atom. The van der Waals surface area contributed by atoms with E-state index in [1.807, 2.05) is 0 Å². The third kappa shape index (κ3) is 3.66. The monoisotopic (exact) mass is 293 g/mol. The van der Waals surface area contributed by atoms with Crippen molar-refractivity contribution in [3.63, 3.8) is 0 Å². The van der Waals surface area contributed by atoms with E-state index in [-0.39, 0.29) is 11.9 Å². The topological polar surface area (TPSA) is 105 Å². The lowest BCUT2D eigenvalue weighted by Crippen LogP contribution is -2.08. The molecule has 0 saturated carbocycles. The minimum Gasteiger partial charge on any atom is -0.478 e. The molecule has 1 aromatic carbocycles. The fourth-order valence-electron chi connectivity index (χ4n) is 1.28. The molecule has 0 saturated heterocycles. The normalized spacial score (nSPS) is 10.7. The molecule has 0 aliphatic heterocycles. The zero-order chi connectivity index (χ0) is 14.5. The third-order valence-corrected chi connectivity index (χ3v) is 2.38. The van der Waals surface area contributed by atoms with Crippen LogP contribution in [0.2, 0.25) is 5.02 Å². The van der Waals surface area contributed by atoms with Gasteiger partial charge in [-0.3, -0.25) is 10.1 Å². The summed E-state index contributed by atoms with van der Waals surface area (Å²) in [5, 5.41) is 18.6. The lowest BCUT2D eigenvalue weighted by molar-refractivity contribution is -0.131. The number of rotatable bonds is 4. The highest BCUT2D eigenvalue weighted by atomic mass is 35.5. The molecular weight excluding hydrogens is 286 g/mol. The van der Waals surface area contributed by atoms with Gasteiger partial charge in [0.1, 0.15) is 0 Å². The van der Waals surface area contributed by atoms with E-state index in [9.17, 15) is 9.59 Å². The Morgan fingerprint density at radius 1 is 1.20 bits per heavy atom. The molecule has 1 amide bonds. The molecule has 0 aliphatic rings. The highest BCUT2D eigenvalue weighted by molar-refractivity contribution is 6.30. The Bertz CT molecular complexity index is 664. The van der Waals surface area contributed by atoms with E-state index in [0.29, 0.717) is 16.7 Å². The maximum absolute atomic E-state index is 11.3. The fraction of sp³-hybridized carbons (Fsp3) is 0. The second-order valence-electron chi connectivity index (χ2n) is 3.58. The van der Waals surface area contributed by atoms with E-state index in [2.05, 4.69) is 15.5 Å². The van der Waals surface area contributed by atoms with Gasteiger partial charge in [-0.1, -0.05) is 16.7 Å². The first-order valence-corrected chi connectivity index (χ1v) is 5.74.